The maximum Gasteiger partial charge on any atom is 0.186 e. The van der Waals surface area contributed by atoms with E-state index in [9.17, 15) is 0 Å². The van der Waals surface area contributed by atoms with Crippen LogP contribution in [0.15, 0.2) is 36.5 Å². The zero-order chi connectivity index (χ0) is 17.7. The van der Waals surface area contributed by atoms with Crippen LogP contribution in [-0.4, -0.2) is 57.7 Å². The molecule has 0 spiro atoms. The Morgan fingerprint density at radius 3 is 2.77 bits per heavy atom. The first-order valence-electron chi connectivity index (χ1n) is 8.52. The quantitative estimate of drug-likeness (QED) is 0.530. The van der Waals surface area contributed by atoms with Gasteiger partial charge in [0.15, 0.2) is 10.8 Å². The molecule has 0 amide bonds. The summed E-state index contributed by atoms with van der Waals surface area (Å²) in [7, 11) is 2.16. The van der Waals surface area contributed by atoms with Gasteiger partial charge in [0.25, 0.3) is 0 Å². The Balaban J connectivity index is 1.54. The third-order valence-corrected chi connectivity index (χ3v) is 6.06. The van der Waals surface area contributed by atoms with E-state index in [0.717, 1.165) is 53.7 Å². The van der Waals surface area contributed by atoms with Gasteiger partial charge >= 0.3 is 0 Å². The molecule has 0 saturated carbocycles. The SMILES string of the molecule is CN1CCN(c2nc3ccc(-c4cnc5ccc(Cl)nn45)cc3s2)CC1. The van der Waals surface area contributed by atoms with Crippen molar-refractivity contribution in [1.82, 2.24) is 24.5 Å². The Hall–Kier alpha value is -2.22. The minimum atomic E-state index is 0.452. The molecule has 1 fully saturated rings. The topological polar surface area (TPSA) is 49.6 Å². The average molecular weight is 385 g/mol. The molecule has 0 unspecified atom stereocenters. The lowest BCUT2D eigenvalue weighted by Crippen LogP contribution is -2.44. The van der Waals surface area contributed by atoms with Crippen LogP contribution in [0.1, 0.15) is 0 Å². The van der Waals surface area contributed by atoms with Crippen LogP contribution in [0.3, 0.4) is 0 Å². The van der Waals surface area contributed by atoms with E-state index >= 15 is 0 Å². The molecule has 26 heavy (non-hydrogen) atoms. The van der Waals surface area contributed by atoms with Gasteiger partial charge in [-0.3, -0.25) is 0 Å². The fourth-order valence-electron chi connectivity index (χ4n) is 3.25. The molecule has 4 heterocycles. The fourth-order valence-corrected chi connectivity index (χ4v) is 4.45. The predicted molar refractivity (Wildman–Crippen MR) is 106 cm³/mol. The molecule has 0 atom stereocenters. The lowest BCUT2D eigenvalue weighted by molar-refractivity contribution is 0.313. The summed E-state index contributed by atoms with van der Waals surface area (Å²) in [4.78, 5) is 14.0. The monoisotopic (exact) mass is 384 g/mol. The minimum Gasteiger partial charge on any atom is -0.345 e. The number of piperazine rings is 1. The Bertz CT molecular complexity index is 1100. The zero-order valence-corrected chi connectivity index (χ0v) is 15.8. The van der Waals surface area contributed by atoms with E-state index in [4.69, 9.17) is 16.6 Å². The number of aromatic nitrogens is 4. The van der Waals surface area contributed by atoms with Crippen LogP contribution in [0.2, 0.25) is 5.15 Å². The van der Waals surface area contributed by atoms with Gasteiger partial charge in [-0.1, -0.05) is 29.0 Å². The number of rotatable bonds is 2. The van der Waals surface area contributed by atoms with Crippen molar-refractivity contribution in [2.75, 3.05) is 38.1 Å². The number of benzene rings is 1. The second-order valence-electron chi connectivity index (χ2n) is 6.54. The highest BCUT2D eigenvalue weighted by Crippen LogP contribution is 2.32. The van der Waals surface area contributed by atoms with Crippen molar-refractivity contribution >= 4 is 43.9 Å². The van der Waals surface area contributed by atoms with Gasteiger partial charge in [0.1, 0.15) is 5.15 Å². The van der Waals surface area contributed by atoms with Gasteiger partial charge in [0.2, 0.25) is 0 Å². The highest BCUT2D eigenvalue weighted by molar-refractivity contribution is 7.22. The summed E-state index contributed by atoms with van der Waals surface area (Å²) in [6, 6.07) is 9.93. The first-order chi connectivity index (χ1) is 12.7. The van der Waals surface area contributed by atoms with Gasteiger partial charge < -0.3 is 9.80 Å². The third-order valence-electron chi connectivity index (χ3n) is 4.78. The Labute approximate surface area is 159 Å². The Kier molecular flexibility index (Phi) is 3.81. The van der Waals surface area contributed by atoms with E-state index in [1.165, 1.54) is 4.70 Å². The highest BCUT2D eigenvalue weighted by Gasteiger charge is 2.18. The number of anilines is 1. The lowest BCUT2D eigenvalue weighted by atomic mass is 10.1. The molecule has 1 aromatic carbocycles. The maximum atomic E-state index is 6.05. The molecule has 0 N–H and O–H groups in total. The van der Waals surface area contributed by atoms with Gasteiger partial charge in [0.05, 0.1) is 22.1 Å². The maximum absolute atomic E-state index is 6.05. The van der Waals surface area contributed by atoms with E-state index in [1.807, 2.05) is 12.3 Å². The van der Waals surface area contributed by atoms with Crippen LogP contribution in [0, 0.1) is 0 Å². The normalized spacial score (nSPS) is 16.0. The smallest absolute Gasteiger partial charge is 0.186 e. The summed E-state index contributed by atoms with van der Waals surface area (Å²) in [6.07, 6.45) is 1.84. The molecule has 6 nitrogen and oxygen atoms in total. The molecule has 132 valence electrons. The molecule has 0 radical (unpaired) electrons. The number of imidazole rings is 1. The molecule has 8 heteroatoms. The summed E-state index contributed by atoms with van der Waals surface area (Å²) in [5.74, 6) is 0. The van der Waals surface area contributed by atoms with E-state index < -0.39 is 0 Å². The molecular weight excluding hydrogens is 368 g/mol. The molecule has 0 aliphatic carbocycles. The lowest BCUT2D eigenvalue weighted by Gasteiger charge is -2.32. The van der Waals surface area contributed by atoms with Gasteiger partial charge in [0, 0.05) is 31.7 Å². The second-order valence-corrected chi connectivity index (χ2v) is 7.94. The number of likely N-dealkylation sites (N-methyl/N-ethyl adjacent to an activating group) is 1. The van der Waals surface area contributed by atoms with Crippen LogP contribution < -0.4 is 4.90 Å². The van der Waals surface area contributed by atoms with Crippen molar-refractivity contribution in [3.8, 4) is 11.3 Å². The molecule has 5 rings (SSSR count). The molecule has 1 aliphatic rings. The highest BCUT2D eigenvalue weighted by atomic mass is 35.5. The van der Waals surface area contributed by atoms with Gasteiger partial charge in [-0.05, 0) is 31.3 Å². The average Bonchev–Trinajstić information content (AvgIpc) is 3.25. The molecule has 1 saturated heterocycles. The van der Waals surface area contributed by atoms with Crippen molar-refractivity contribution in [3.63, 3.8) is 0 Å². The van der Waals surface area contributed by atoms with Crippen LogP contribution in [-0.2, 0) is 0 Å². The van der Waals surface area contributed by atoms with Gasteiger partial charge in [-0.2, -0.15) is 5.10 Å². The van der Waals surface area contributed by atoms with Crippen LogP contribution >= 0.6 is 22.9 Å². The summed E-state index contributed by atoms with van der Waals surface area (Å²) in [5, 5.41) is 5.93. The first kappa shape index (κ1) is 16.0. The van der Waals surface area contributed by atoms with Crippen LogP contribution in [0.5, 0.6) is 0 Å². The number of nitrogens with zero attached hydrogens (tertiary/aromatic N) is 6. The fraction of sp³-hybridized carbons (Fsp3) is 0.278. The van der Waals surface area contributed by atoms with Gasteiger partial charge in [-0.15, -0.1) is 0 Å². The minimum absolute atomic E-state index is 0.452. The molecule has 1 aliphatic heterocycles. The molecular formula is C18H17ClN6S. The number of thiazole rings is 1. The second kappa shape index (κ2) is 6.19. The number of hydrogen-bond acceptors (Lipinski definition) is 6. The molecule has 3 aromatic heterocycles. The standard InChI is InChI=1S/C18H17ClN6S/c1-23-6-8-24(9-7-23)18-21-13-3-2-12(10-15(13)26-18)14-11-20-17-5-4-16(19)22-25(14)17/h2-5,10-11H,6-9H2,1H3. The van der Waals surface area contributed by atoms with E-state index in [-0.39, 0.29) is 0 Å². The molecule has 4 aromatic rings. The third kappa shape index (κ3) is 2.72. The predicted octanol–water partition coefficient (Wildman–Crippen LogP) is 3.41. The van der Waals surface area contributed by atoms with E-state index in [2.05, 4.69) is 45.1 Å². The van der Waals surface area contributed by atoms with Crippen molar-refractivity contribution in [2.24, 2.45) is 0 Å². The number of fused-ring (bicyclic) bond motifs is 2. The van der Waals surface area contributed by atoms with Crippen molar-refractivity contribution < 1.29 is 0 Å². The summed E-state index contributed by atoms with van der Waals surface area (Å²) in [6.45, 7) is 4.21. The van der Waals surface area contributed by atoms with Gasteiger partial charge in [-0.25, -0.2) is 14.5 Å². The summed E-state index contributed by atoms with van der Waals surface area (Å²) >= 11 is 7.80. The largest absolute Gasteiger partial charge is 0.345 e. The Morgan fingerprint density at radius 1 is 1.08 bits per heavy atom. The summed E-state index contributed by atoms with van der Waals surface area (Å²) in [5.41, 5.74) is 3.81. The number of hydrogen-bond donors (Lipinski definition) is 0. The van der Waals surface area contributed by atoms with Crippen molar-refractivity contribution in [2.45, 2.75) is 0 Å². The van der Waals surface area contributed by atoms with Crippen molar-refractivity contribution in [1.29, 1.82) is 0 Å². The molecule has 0 bridgehead atoms. The van der Waals surface area contributed by atoms with Crippen molar-refractivity contribution in [3.05, 3.63) is 41.7 Å². The zero-order valence-electron chi connectivity index (χ0n) is 14.3. The first-order valence-corrected chi connectivity index (χ1v) is 9.71. The van der Waals surface area contributed by atoms with Crippen LogP contribution in [0.25, 0.3) is 27.1 Å². The summed E-state index contributed by atoms with van der Waals surface area (Å²) < 4.78 is 2.96. The Morgan fingerprint density at radius 2 is 1.92 bits per heavy atom. The van der Waals surface area contributed by atoms with E-state index in [0.29, 0.717) is 5.15 Å². The van der Waals surface area contributed by atoms with E-state index in [1.54, 1.807) is 21.9 Å². The van der Waals surface area contributed by atoms with Crippen LogP contribution in [0.4, 0.5) is 5.13 Å². The number of halogens is 1.